The number of aliphatic hydroxyl groups excluding tert-OH is 1. The molecule has 50 heavy (non-hydrogen) atoms. The molecule has 2 heterocycles. The lowest BCUT2D eigenvalue weighted by Gasteiger charge is -2.65. The molecule has 2 aliphatic heterocycles. The van der Waals surface area contributed by atoms with Gasteiger partial charge in [-0.1, -0.05) is 34.6 Å². The molecule has 276 valence electrons. The standard InChI is InChI=1S/C37H50O13/c1-14(2)10-22(40)50-31-28-19(48-28)13-37(45)30(42)27(41)23-18(34(31,37)7)12-20(46-16(4)38)33(6)24-15(3)11-21-35(8,36(9,44)32(43)49-21)26(24)29(25(23)33)47-17(5)39/h11,14-15,18-20,23-29,31,41,44-45H,10,12-13H2,1-9H3/t15-,18?,19+,20+,23-,24+,25-,26+,27-,28+,29-,31+,33-,34+,35+,36-,37+/m1/s1. The molecule has 17 atom stereocenters. The van der Waals surface area contributed by atoms with Crippen molar-refractivity contribution in [3.05, 3.63) is 11.8 Å². The first kappa shape index (κ1) is 35.5. The van der Waals surface area contributed by atoms with Crippen molar-refractivity contribution in [3.63, 3.8) is 0 Å². The zero-order chi connectivity index (χ0) is 36.8. The summed E-state index contributed by atoms with van der Waals surface area (Å²) in [5, 5.41) is 36.6. The molecule has 1 unspecified atom stereocenters. The van der Waals surface area contributed by atoms with Gasteiger partial charge in [-0.2, -0.15) is 0 Å². The van der Waals surface area contributed by atoms with E-state index in [-0.39, 0.29) is 36.9 Å². The Morgan fingerprint density at radius 3 is 2.22 bits per heavy atom. The fourth-order valence-electron chi connectivity index (χ4n) is 12.2. The van der Waals surface area contributed by atoms with E-state index in [2.05, 4.69) is 0 Å². The van der Waals surface area contributed by atoms with E-state index in [1.165, 1.54) is 20.8 Å². The van der Waals surface area contributed by atoms with Gasteiger partial charge in [0.15, 0.2) is 11.4 Å². The molecule has 5 aliphatic carbocycles. The van der Waals surface area contributed by atoms with E-state index in [4.69, 9.17) is 23.7 Å². The van der Waals surface area contributed by atoms with Crippen LogP contribution in [0.2, 0.25) is 0 Å². The highest BCUT2D eigenvalue weighted by Gasteiger charge is 2.84. The number of esters is 4. The van der Waals surface area contributed by atoms with Crippen molar-refractivity contribution in [3.8, 4) is 0 Å². The van der Waals surface area contributed by atoms with E-state index in [1.54, 1.807) is 19.9 Å². The summed E-state index contributed by atoms with van der Waals surface area (Å²) in [4.78, 5) is 67.1. The smallest absolute Gasteiger partial charge is 0.343 e. The lowest BCUT2D eigenvalue weighted by Crippen LogP contribution is -2.77. The first-order chi connectivity index (χ1) is 23.1. The Balaban J connectivity index is 1.45. The number of carbonyl (C=O) groups is 5. The first-order valence-electron chi connectivity index (χ1n) is 17.9. The minimum Gasteiger partial charge on any atom is -0.462 e. The van der Waals surface area contributed by atoms with Gasteiger partial charge in [0, 0.05) is 55.3 Å². The minimum atomic E-state index is -2.17. The number of epoxide rings is 1. The van der Waals surface area contributed by atoms with Crippen LogP contribution in [-0.2, 0) is 47.7 Å². The summed E-state index contributed by atoms with van der Waals surface area (Å²) in [5.74, 6) is -7.64. The molecule has 13 nitrogen and oxygen atoms in total. The number of allylic oxidation sites excluding steroid dienone is 1. The summed E-state index contributed by atoms with van der Waals surface area (Å²) in [5.41, 5.74) is -8.27. The molecule has 4 saturated carbocycles. The summed E-state index contributed by atoms with van der Waals surface area (Å²) in [6.45, 7) is 14.8. The highest BCUT2D eigenvalue weighted by Crippen LogP contribution is 2.76. The Hall–Kier alpha value is -2.87. The van der Waals surface area contributed by atoms with E-state index >= 15 is 0 Å². The number of Topliss-reactive ketones (excluding diaryl/α,β-unsaturated/α-hetero) is 1. The maximum atomic E-state index is 14.6. The van der Waals surface area contributed by atoms with Gasteiger partial charge in [0.05, 0.1) is 11.5 Å². The summed E-state index contributed by atoms with van der Waals surface area (Å²) in [7, 11) is 0. The highest BCUT2D eigenvalue weighted by molar-refractivity contribution is 5.94. The molecule has 0 bridgehead atoms. The quantitative estimate of drug-likeness (QED) is 0.214. The van der Waals surface area contributed by atoms with Crippen LogP contribution in [0.1, 0.15) is 81.6 Å². The summed E-state index contributed by atoms with van der Waals surface area (Å²) < 4.78 is 30.2. The average Bonchev–Trinajstić information content (AvgIpc) is 3.66. The summed E-state index contributed by atoms with van der Waals surface area (Å²) in [6.07, 6.45) is -4.18. The lowest BCUT2D eigenvalue weighted by molar-refractivity contribution is -0.268. The molecule has 0 spiro atoms. The monoisotopic (exact) mass is 702 g/mol. The second kappa shape index (κ2) is 10.8. The normalized spacial score (nSPS) is 52.6. The number of ether oxygens (including phenoxy) is 5. The lowest BCUT2D eigenvalue weighted by atomic mass is 9.40. The van der Waals surface area contributed by atoms with Crippen LogP contribution >= 0.6 is 0 Å². The molecule has 6 fully saturated rings. The van der Waals surface area contributed by atoms with Crippen LogP contribution in [-0.4, -0.2) is 92.8 Å². The van der Waals surface area contributed by atoms with Crippen molar-refractivity contribution in [1.82, 2.24) is 0 Å². The fourth-order valence-corrected chi connectivity index (χ4v) is 12.2. The van der Waals surface area contributed by atoms with E-state index in [0.717, 1.165) is 0 Å². The van der Waals surface area contributed by atoms with Crippen molar-refractivity contribution in [1.29, 1.82) is 0 Å². The third-order valence-corrected chi connectivity index (χ3v) is 14.5. The third kappa shape index (κ3) is 4.23. The van der Waals surface area contributed by atoms with Crippen molar-refractivity contribution < 1.29 is 63.0 Å². The second-order valence-corrected chi connectivity index (χ2v) is 17.4. The van der Waals surface area contributed by atoms with Crippen LogP contribution < -0.4 is 0 Å². The van der Waals surface area contributed by atoms with Gasteiger partial charge in [0.2, 0.25) is 0 Å². The van der Waals surface area contributed by atoms with Gasteiger partial charge in [0.25, 0.3) is 0 Å². The van der Waals surface area contributed by atoms with Gasteiger partial charge < -0.3 is 39.0 Å². The zero-order valence-corrected chi connectivity index (χ0v) is 30.1. The molecule has 0 amide bonds. The molecular weight excluding hydrogens is 652 g/mol. The van der Waals surface area contributed by atoms with Crippen molar-refractivity contribution in [2.45, 2.75) is 129 Å². The summed E-state index contributed by atoms with van der Waals surface area (Å²) >= 11 is 0. The Morgan fingerprint density at radius 1 is 0.980 bits per heavy atom. The maximum Gasteiger partial charge on any atom is 0.343 e. The number of fused-ring (bicyclic) bond motifs is 10. The van der Waals surface area contributed by atoms with E-state index in [0.29, 0.717) is 0 Å². The van der Waals surface area contributed by atoms with Crippen LogP contribution in [0, 0.1) is 57.7 Å². The van der Waals surface area contributed by atoms with E-state index in [9.17, 15) is 39.3 Å². The van der Waals surface area contributed by atoms with Crippen LogP contribution in [0.4, 0.5) is 0 Å². The molecule has 7 rings (SSSR count). The predicted octanol–water partition coefficient (Wildman–Crippen LogP) is 2.01. The number of hydrogen-bond donors (Lipinski definition) is 3. The Kier molecular flexibility index (Phi) is 7.70. The van der Waals surface area contributed by atoms with Gasteiger partial charge in [-0.25, -0.2) is 4.79 Å². The van der Waals surface area contributed by atoms with Crippen LogP contribution in [0.15, 0.2) is 11.8 Å². The molecular formula is C37H50O13. The first-order valence-corrected chi connectivity index (χ1v) is 17.9. The molecule has 7 aliphatic rings. The molecule has 2 saturated heterocycles. The van der Waals surface area contributed by atoms with Crippen LogP contribution in [0.5, 0.6) is 0 Å². The predicted molar refractivity (Wildman–Crippen MR) is 170 cm³/mol. The van der Waals surface area contributed by atoms with Crippen molar-refractivity contribution in [2.75, 3.05) is 0 Å². The van der Waals surface area contributed by atoms with Gasteiger partial charge in [-0.05, 0) is 50.0 Å². The molecule has 0 aromatic heterocycles. The molecule has 3 N–H and O–H groups in total. The maximum absolute atomic E-state index is 14.6. The van der Waals surface area contributed by atoms with E-state index in [1.807, 2.05) is 27.7 Å². The Morgan fingerprint density at radius 2 is 1.62 bits per heavy atom. The van der Waals surface area contributed by atoms with E-state index < -0.39 is 123 Å². The largest absolute Gasteiger partial charge is 0.462 e. The van der Waals surface area contributed by atoms with Crippen LogP contribution in [0.3, 0.4) is 0 Å². The molecule has 13 heteroatoms. The van der Waals surface area contributed by atoms with Crippen molar-refractivity contribution in [2.24, 2.45) is 57.7 Å². The highest BCUT2D eigenvalue weighted by atomic mass is 16.6. The average molecular weight is 703 g/mol. The topological polar surface area (TPSA) is 195 Å². The summed E-state index contributed by atoms with van der Waals surface area (Å²) in [6, 6.07) is 0. The second-order valence-electron chi connectivity index (χ2n) is 17.4. The number of aliphatic hydroxyl groups is 3. The minimum absolute atomic E-state index is 0.0307. The number of carbonyl (C=O) groups excluding carboxylic acids is 5. The Labute approximate surface area is 291 Å². The van der Waals surface area contributed by atoms with Crippen LogP contribution in [0.25, 0.3) is 0 Å². The SMILES string of the molecule is CC(=O)O[C@@H]1[C@H]2[C@H]3C(C[C@H](OC(C)=O)[C@]2(C)[C@@H]2[C@@H]1[C@]1(C)C(=C[C@H]2C)OC(=O)[C@@]1(C)O)[C@@]1(C)[C@@H](OC(=O)CC(C)C)[C@H]2O[C@H]2C[C@]1(O)C(=O)[C@@H]3O. The molecule has 0 aromatic rings. The zero-order valence-electron chi connectivity index (χ0n) is 30.1. The fraction of sp³-hybridized carbons (Fsp3) is 0.811. The Bertz CT molecular complexity index is 1580. The van der Waals surface area contributed by atoms with Gasteiger partial charge in [0.1, 0.15) is 41.9 Å². The van der Waals surface area contributed by atoms with Crippen molar-refractivity contribution >= 4 is 29.7 Å². The van der Waals surface area contributed by atoms with Gasteiger partial charge in [-0.15, -0.1) is 0 Å². The van der Waals surface area contributed by atoms with Gasteiger partial charge >= 0.3 is 23.9 Å². The number of hydrogen-bond acceptors (Lipinski definition) is 13. The molecule has 0 radical (unpaired) electrons. The third-order valence-electron chi connectivity index (χ3n) is 14.5. The number of rotatable bonds is 5. The molecule has 0 aromatic carbocycles. The van der Waals surface area contributed by atoms with Gasteiger partial charge in [-0.3, -0.25) is 19.2 Å². The number of ketones is 1.